The van der Waals surface area contributed by atoms with E-state index in [2.05, 4.69) is 26.3 Å². The summed E-state index contributed by atoms with van der Waals surface area (Å²) in [5.41, 5.74) is 2.56. The number of nitrogens with zero attached hydrogens (tertiary/aromatic N) is 2. The molecule has 13 heteroatoms. The van der Waals surface area contributed by atoms with Crippen LogP contribution in [0.3, 0.4) is 0 Å². The Hall–Kier alpha value is -5.41. The predicted molar refractivity (Wildman–Crippen MR) is 197 cm³/mol. The molecule has 270 valence electrons. The predicted octanol–water partition coefficient (Wildman–Crippen LogP) is 6.00. The smallest absolute Gasteiger partial charge is 0.326 e. The van der Waals surface area contributed by atoms with Gasteiger partial charge in [0.2, 0.25) is 17.8 Å². The Kier molecular flexibility index (Phi) is 14.6. The van der Waals surface area contributed by atoms with Crippen LogP contribution in [-0.4, -0.2) is 52.0 Å². The molecule has 3 atom stereocenters. The Balaban J connectivity index is 1.80. The summed E-state index contributed by atoms with van der Waals surface area (Å²) >= 11 is 5.96. The molecule has 3 unspecified atom stereocenters. The highest BCUT2D eigenvalue weighted by Crippen LogP contribution is 2.27. The zero-order valence-electron chi connectivity index (χ0n) is 29.4. The third-order valence-electron chi connectivity index (χ3n) is 7.75. The van der Waals surface area contributed by atoms with Gasteiger partial charge in [0.15, 0.2) is 6.19 Å². The Morgan fingerprint density at radius 1 is 0.843 bits per heavy atom. The molecule has 2 amide bonds. The van der Waals surface area contributed by atoms with Crippen LogP contribution in [0.5, 0.6) is 0 Å². The number of guanidine groups is 1. The standard InChI is InChI=1S/C38H45ClN6O6/c1-23(2)18-30(24-10-14-28(15-11-24)42-37(41-22-40)43-29-16-12-27(39)13-17-29)34(47)45-32(36(50)51)20-26-9-7-6-8-25(26)19-31(35(48)49)44-33(46)21-38(3,4)5/h6-17,23,30-32H,18-21H2,1-5H3,(H,44,46)(H,45,47)(H,48,49)(H,50,51)(H2,41,42,43). The topological polar surface area (TPSA) is 193 Å². The van der Waals surface area contributed by atoms with Gasteiger partial charge in [0.1, 0.15) is 12.1 Å². The number of carboxylic acids is 2. The van der Waals surface area contributed by atoms with Crippen LogP contribution in [-0.2, 0) is 32.0 Å². The van der Waals surface area contributed by atoms with E-state index in [9.17, 15) is 34.7 Å². The lowest BCUT2D eigenvalue weighted by atomic mass is 9.88. The number of anilines is 1. The molecule has 0 spiro atoms. The Labute approximate surface area is 303 Å². The lowest BCUT2D eigenvalue weighted by Gasteiger charge is -2.24. The Morgan fingerprint density at radius 3 is 1.88 bits per heavy atom. The van der Waals surface area contributed by atoms with Gasteiger partial charge in [-0.25, -0.2) is 14.6 Å². The Morgan fingerprint density at radius 2 is 1.39 bits per heavy atom. The molecule has 0 radical (unpaired) electrons. The maximum atomic E-state index is 13.8. The van der Waals surface area contributed by atoms with Crippen LogP contribution in [0.15, 0.2) is 77.8 Å². The first kappa shape index (κ1) is 40.0. The number of halogens is 1. The van der Waals surface area contributed by atoms with Crippen molar-refractivity contribution in [3.05, 3.63) is 94.5 Å². The van der Waals surface area contributed by atoms with Gasteiger partial charge in [-0.3, -0.25) is 14.9 Å². The molecule has 3 aromatic rings. The first-order valence-corrected chi connectivity index (χ1v) is 16.9. The van der Waals surface area contributed by atoms with E-state index < -0.39 is 41.8 Å². The lowest BCUT2D eigenvalue weighted by Crippen LogP contribution is -2.45. The second-order valence-corrected chi connectivity index (χ2v) is 14.3. The molecule has 0 aliphatic rings. The molecular formula is C38H45ClN6O6. The van der Waals surface area contributed by atoms with Gasteiger partial charge >= 0.3 is 11.9 Å². The second-order valence-electron chi connectivity index (χ2n) is 13.9. The van der Waals surface area contributed by atoms with E-state index in [4.69, 9.17) is 11.6 Å². The van der Waals surface area contributed by atoms with Crippen molar-refractivity contribution in [1.82, 2.24) is 16.0 Å². The van der Waals surface area contributed by atoms with E-state index in [0.717, 1.165) is 0 Å². The quantitative estimate of drug-likeness (QED) is 0.0474. The number of hydrogen-bond acceptors (Lipinski definition) is 6. The van der Waals surface area contributed by atoms with Gasteiger partial charge in [0.05, 0.1) is 11.6 Å². The van der Waals surface area contributed by atoms with Gasteiger partial charge in [-0.05, 0) is 70.8 Å². The van der Waals surface area contributed by atoms with Crippen molar-refractivity contribution in [3.8, 4) is 6.19 Å². The summed E-state index contributed by atoms with van der Waals surface area (Å²) in [6.45, 7) is 9.56. The average Bonchev–Trinajstić information content (AvgIpc) is 3.04. The summed E-state index contributed by atoms with van der Waals surface area (Å²) in [7, 11) is 0. The molecule has 0 fully saturated rings. The van der Waals surface area contributed by atoms with Crippen molar-refractivity contribution in [3.63, 3.8) is 0 Å². The van der Waals surface area contributed by atoms with E-state index >= 15 is 0 Å². The van der Waals surface area contributed by atoms with Crippen molar-refractivity contribution in [2.75, 3.05) is 5.32 Å². The van der Waals surface area contributed by atoms with Gasteiger partial charge in [0.25, 0.3) is 0 Å². The van der Waals surface area contributed by atoms with Gasteiger partial charge in [0, 0.05) is 30.0 Å². The van der Waals surface area contributed by atoms with Gasteiger partial charge in [-0.15, -0.1) is 0 Å². The van der Waals surface area contributed by atoms with Gasteiger partial charge in [-0.2, -0.15) is 5.26 Å². The molecule has 3 aromatic carbocycles. The number of carboxylic acid groups (broad SMARTS) is 2. The fourth-order valence-electron chi connectivity index (χ4n) is 5.38. The third kappa shape index (κ3) is 13.4. The second kappa shape index (κ2) is 18.5. The molecule has 0 bridgehead atoms. The molecule has 0 aliphatic heterocycles. The van der Waals surface area contributed by atoms with Crippen molar-refractivity contribution >= 4 is 52.7 Å². The monoisotopic (exact) mass is 716 g/mol. The molecule has 0 heterocycles. The van der Waals surface area contributed by atoms with Gasteiger partial charge < -0.3 is 26.2 Å². The van der Waals surface area contributed by atoms with Crippen LogP contribution in [0.4, 0.5) is 11.4 Å². The summed E-state index contributed by atoms with van der Waals surface area (Å²) in [6.07, 6.45) is 2.26. The largest absolute Gasteiger partial charge is 0.480 e. The van der Waals surface area contributed by atoms with Crippen molar-refractivity contribution in [2.24, 2.45) is 16.3 Å². The number of nitriles is 1. The van der Waals surface area contributed by atoms with Crippen LogP contribution in [0.1, 0.15) is 70.1 Å². The van der Waals surface area contributed by atoms with E-state index in [1.165, 1.54) is 0 Å². The minimum Gasteiger partial charge on any atom is -0.480 e. The first-order valence-electron chi connectivity index (χ1n) is 16.5. The summed E-state index contributed by atoms with van der Waals surface area (Å²) < 4.78 is 0. The number of aliphatic carboxylic acids is 2. The number of nitrogens with one attached hydrogen (secondary N) is 4. The molecule has 0 saturated carbocycles. The van der Waals surface area contributed by atoms with Crippen LogP contribution < -0.4 is 21.3 Å². The van der Waals surface area contributed by atoms with Crippen LogP contribution >= 0.6 is 11.6 Å². The number of amides is 2. The van der Waals surface area contributed by atoms with Crippen LogP contribution in [0, 0.1) is 22.8 Å². The van der Waals surface area contributed by atoms with Crippen molar-refractivity contribution < 1.29 is 29.4 Å². The average molecular weight is 717 g/mol. The molecule has 12 nitrogen and oxygen atoms in total. The van der Waals surface area contributed by atoms with E-state index in [-0.39, 0.29) is 36.6 Å². The highest BCUT2D eigenvalue weighted by Gasteiger charge is 2.29. The zero-order valence-corrected chi connectivity index (χ0v) is 30.1. The number of hydrogen-bond donors (Lipinski definition) is 6. The number of aliphatic imine (C=N–C) groups is 1. The molecule has 51 heavy (non-hydrogen) atoms. The number of benzene rings is 3. The minimum atomic E-state index is -1.31. The number of carbonyl (C=O) groups is 4. The highest BCUT2D eigenvalue weighted by atomic mass is 35.5. The van der Waals surface area contributed by atoms with E-state index in [1.807, 2.05) is 40.8 Å². The van der Waals surface area contributed by atoms with Crippen LogP contribution in [0.25, 0.3) is 0 Å². The van der Waals surface area contributed by atoms with Crippen LogP contribution in [0.2, 0.25) is 5.02 Å². The summed E-state index contributed by atoms with van der Waals surface area (Å²) in [6, 6.07) is 18.0. The maximum Gasteiger partial charge on any atom is 0.326 e. The molecular weight excluding hydrogens is 672 g/mol. The number of rotatable bonds is 15. The third-order valence-corrected chi connectivity index (χ3v) is 8.00. The van der Waals surface area contributed by atoms with Crippen molar-refractivity contribution in [1.29, 1.82) is 5.26 Å². The fraction of sp³-hybridized carbons (Fsp3) is 0.368. The first-order chi connectivity index (χ1) is 24.0. The Bertz CT molecular complexity index is 1750. The summed E-state index contributed by atoms with van der Waals surface area (Å²) in [4.78, 5) is 55.3. The van der Waals surface area contributed by atoms with Gasteiger partial charge in [-0.1, -0.05) is 82.6 Å². The highest BCUT2D eigenvalue weighted by molar-refractivity contribution is 6.30. The minimum absolute atomic E-state index is 0.0622. The normalized spacial score (nSPS) is 13.3. The summed E-state index contributed by atoms with van der Waals surface area (Å²) in [5, 5.41) is 40.6. The molecule has 0 aromatic heterocycles. The zero-order chi connectivity index (χ0) is 37.7. The molecule has 6 N–H and O–H groups in total. The maximum absolute atomic E-state index is 13.8. The van der Waals surface area contributed by atoms with Crippen molar-refractivity contribution in [2.45, 2.75) is 78.3 Å². The number of carbonyl (C=O) groups excluding carboxylic acids is 2. The fourth-order valence-corrected chi connectivity index (χ4v) is 5.51. The molecule has 0 saturated heterocycles. The molecule has 3 rings (SSSR count). The van der Waals surface area contributed by atoms with E-state index in [0.29, 0.717) is 39.5 Å². The lowest BCUT2D eigenvalue weighted by molar-refractivity contribution is -0.142. The SMILES string of the molecule is CC(C)CC(C(=O)NC(Cc1ccccc1CC(NC(=O)CC(C)(C)C)C(=O)O)C(=O)O)c1ccc(N=C(NC#N)Nc2ccc(Cl)cc2)cc1. The summed E-state index contributed by atoms with van der Waals surface area (Å²) in [5.74, 6) is -3.73. The molecule has 0 aliphatic carbocycles. The van der Waals surface area contributed by atoms with E-state index in [1.54, 1.807) is 72.8 Å².